The fourth-order valence-electron chi connectivity index (χ4n) is 2.47. The first kappa shape index (κ1) is 19.0. The number of benzene rings is 1. The van der Waals surface area contributed by atoms with Crippen LogP contribution in [-0.4, -0.2) is 68.3 Å². The fraction of sp³-hybridized carbons (Fsp3) is 0.611. The third-order valence-electron chi connectivity index (χ3n) is 4.89. The molecule has 1 aliphatic rings. The SMILES string of the molecule is CN(C)CCN(C)C(=O)c1cccc(B2OC(C)(C)C(C)(C)O2)c1. The Morgan fingerprint density at radius 2 is 1.62 bits per heavy atom. The van der Waals surface area contributed by atoms with Crippen LogP contribution in [-0.2, 0) is 9.31 Å². The van der Waals surface area contributed by atoms with E-state index in [1.54, 1.807) is 4.90 Å². The number of carbonyl (C=O) groups is 1. The van der Waals surface area contributed by atoms with Gasteiger partial charge in [-0.05, 0) is 59.4 Å². The van der Waals surface area contributed by atoms with Gasteiger partial charge >= 0.3 is 7.12 Å². The molecule has 0 saturated carbocycles. The summed E-state index contributed by atoms with van der Waals surface area (Å²) in [5.41, 5.74) is 0.754. The largest absolute Gasteiger partial charge is 0.494 e. The summed E-state index contributed by atoms with van der Waals surface area (Å²) in [6, 6.07) is 7.53. The van der Waals surface area contributed by atoms with E-state index >= 15 is 0 Å². The van der Waals surface area contributed by atoms with E-state index in [-0.39, 0.29) is 17.1 Å². The van der Waals surface area contributed by atoms with Gasteiger partial charge in [0.2, 0.25) is 0 Å². The highest BCUT2D eigenvalue weighted by molar-refractivity contribution is 6.62. The highest BCUT2D eigenvalue weighted by atomic mass is 16.7. The van der Waals surface area contributed by atoms with Gasteiger partial charge in [0.1, 0.15) is 0 Å². The molecule has 1 heterocycles. The number of rotatable bonds is 5. The average molecular weight is 332 g/mol. The molecule has 24 heavy (non-hydrogen) atoms. The van der Waals surface area contributed by atoms with Crippen molar-refractivity contribution in [1.29, 1.82) is 0 Å². The van der Waals surface area contributed by atoms with Crippen LogP contribution in [0, 0.1) is 0 Å². The van der Waals surface area contributed by atoms with E-state index in [2.05, 4.69) is 4.90 Å². The lowest BCUT2D eigenvalue weighted by Gasteiger charge is -2.32. The van der Waals surface area contributed by atoms with Gasteiger partial charge in [-0.25, -0.2) is 0 Å². The van der Waals surface area contributed by atoms with Crippen LogP contribution in [0.15, 0.2) is 24.3 Å². The molecule has 0 aliphatic carbocycles. The van der Waals surface area contributed by atoms with Crippen molar-refractivity contribution in [1.82, 2.24) is 9.80 Å². The number of carbonyl (C=O) groups excluding carboxylic acids is 1. The smallest absolute Gasteiger partial charge is 0.399 e. The van der Waals surface area contributed by atoms with Gasteiger partial charge in [-0.2, -0.15) is 0 Å². The second kappa shape index (κ2) is 6.86. The van der Waals surface area contributed by atoms with Crippen molar-refractivity contribution in [3.63, 3.8) is 0 Å². The summed E-state index contributed by atoms with van der Waals surface area (Å²) >= 11 is 0. The molecule has 2 rings (SSSR count). The van der Waals surface area contributed by atoms with Crippen LogP contribution in [0.5, 0.6) is 0 Å². The molecule has 0 N–H and O–H groups in total. The summed E-state index contributed by atoms with van der Waals surface area (Å²) in [6.07, 6.45) is 0. The monoisotopic (exact) mass is 332 g/mol. The maximum atomic E-state index is 12.6. The van der Waals surface area contributed by atoms with E-state index in [9.17, 15) is 4.79 Å². The zero-order valence-electron chi connectivity index (χ0n) is 15.9. The molecule has 0 atom stereocenters. The summed E-state index contributed by atoms with van der Waals surface area (Å²) in [4.78, 5) is 16.4. The normalized spacial score (nSPS) is 18.9. The standard InChI is InChI=1S/C18H29BN2O3/c1-17(2)18(3,4)24-19(23-17)15-10-8-9-14(13-15)16(22)21(7)12-11-20(5)6/h8-10,13H,11-12H2,1-7H3. The lowest BCUT2D eigenvalue weighted by atomic mass is 9.78. The Balaban J connectivity index is 2.14. The third kappa shape index (κ3) is 3.99. The molecule has 1 aliphatic heterocycles. The second-order valence-corrected chi connectivity index (χ2v) is 7.74. The van der Waals surface area contributed by atoms with Gasteiger partial charge < -0.3 is 19.1 Å². The summed E-state index contributed by atoms with van der Waals surface area (Å²) in [5, 5.41) is 0. The minimum absolute atomic E-state index is 0.00946. The van der Waals surface area contributed by atoms with Crippen LogP contribution in [0.1, 0.15) is 38.1 Å². The maximum absolute atomic E-state index is 12.6. The molecule has 1 aromatic carbocycles. The molecule has 0 radical (unpaired) electrons. The first-order chi connectivity index (χ1) is 11.0. The molecule has 5 nitrogen and oxygen atoms in total. The van der Waals surface area contributed by atoms with E-state index in [4.69, 9.17) is 9.31 Å². The van der Waals surface area contributed by atoms with Crippen molar-refractivity contribution in [2.75, 3.05) is 34.2 Å². The minimum atomic E-state index is -0.449. The Morgan fingerprint density at radius 3 is 2.17 bits per heavy atom. The molecule has 0 aromatic heterocycles. The van der Waals surface area contributed by atoms with Gasteiger partial charge in [0.25, 0.3) is 5.91 Å². The van der Waals surface area contributed by atoms with Gasteiger partial charge in [0, 0.05) is 25.7 Å². The Hall–Kier alpha value is -1.37. The fourth-order valence-corrected chi connectivity index (χ4v) is 2.47. The van der Waals surface area contributed by atoms with Crippen LogP contribution in [0.3, 0.4) is 0 Å². The molecule has 1 saturated heterocycles. The Labute approximate surface area is 146 Å². The predicted molar refractivity (Wildman–Crippen MR) is 97.7 cm³/mol. The van der Waals surface area contributed by atoms with Crippen LogP contribution < -0.4 is 5.46 Å². The molecule has 1 amide bonds. The Bertz CT molecular complexity index is 586. The van der Waals surface area contributed by atoms with E-state index in [0.717, 1.165) is 12.0 Å². The summed E-state index contributed by atoms with van der Waals surface area (Å²) in [7, 11) is 5.37. The van der Waals surface area contributed by atoms with Gasteiger partial charge in [0.15, 0.2) is 0 Å². The van der Waals surface area contributed by atoms with Crippen LogP contribution >= 0.6 is 0 Å². The van der Waals surface area contributed by atoms with Gasteiger partial charge in [-0.1, -0.05) is 12.1 Å². The van der Waals surface area contributed by atoms with Gasteiger partial charge in [0.05, 0.1) is 11.2 Å². The lowest BCUT2D eigenvalue weighted by molar-refractivity contribution is 0.00578. The topological polar surface area (TPSA) is 42.0 Å². The number of likely N-dealkylation sites (N-methyl/N-ethyl adjacent to an activating group) is 2. The highest BCUT2D eigenvalue weighted by Crippen LogP contribution is 2.36. The van der Waals surface area contributed by atoms with Crippen molar-refractivity contribution in [2.24, 2.45) is 0 Å². The number of amides is 1. The summed E-state index contributed by atoms with van der Waals surface area (Å²) < 4.78 is 12.1. The quantitative estimate of drug-likeness (QED) is 0.769. The average Bonchev–Trinajstić information content (AvgIpc) is 2.72. The predicted octanol–water partition coefficient (Wildman–Crippen LogP) is 1.62. The van der Waals surface area contributed by atoms with Crippen LogP contribution in [0.25, 0.3) is 0 Å². The molecule has 0 bridgehead atoms. The first-order valence-electron chi connectivity index (χ1n) is 8.39. The number of hydrogen-bond acceptors (Lipinski definition) is 4. The van der Waals surface area contributed by atoms with E-state index < -0.39 is 7.12 Å². The molecule has 6 heteroatoms. The van der Waals surface area contributed by atoms with Crippen molar-refractivity contribution in [3.8, 4) is 0 Å². The molecular formula is C18H29BN2O3. The van der Waals surface area contributed by atoms with Gasteiger partial charge in [-0.3, -0.25) is 4.79 Å². The Morgan fingerprint density at radius 1 is 1.04 bits per heavy atom. The minimum Gasteiger partial charge on any atom is -0.399 e. The van der Waals surface area contributed by atoms with Crippen molar-refractivity contribution in [3.05, 3.63) is 29.8 Å². The second-order valence-electron chi connectivity index (χ2n) is 7.74. The third-order valence-corrected chi connectivity index (χ3v) is 4.89. The van der Waals surface area contributed by atoms with Crippen molar-refractivity contribution < 1.29 is 14.1 Å². The Kier molecular flexibility index (Phi) is 5.42. The zero-order valence-corrected chi connectivity index (χ0v) is 15.9. The number of hydrogen-bond donors (Lipinski definition) is 0. The van der Waals surface area contributed by atoms with Crippen molar-refractivity contribution >= 4 is 18.5 Å². The van der Waals surface area contributed by atoms with E-state index in [1.807, 2.05) is 73.1 Å². The zero-order chi connectivity index (χ0) is 18.1. The van der Waals surface area contributed by atoms with Gasteiger partial charge in [-0.15, -0.1) is 0 Å². The molecule has 1 aromatic rings. The maximum Gasteiger partial charge on any atom is 0.494 e. The molecule has 1 fully saturated rings. The molecule has 0 unspecified atom stereocenters. The lowest BCUT2D eigenvalue weighted by Crippen LogP contribution is -2.41. The van der Waals surface area contributed by atoms with E-state index in [0.29, 0.717) is 12.1 Å². The van der Waals surface area contributed by atoms with Crippen molar-refractivity contribution in [2.45, 2.75) is 38.9 Å². The molecular weight excluding hydrogens is 303 g/mol. The highest BCUT2D eigenvalue weighted by Gasteiger charge is 2.51. The number of nitrogens with zero attached hydrogens (tertiary/aromatic N) is 2. The van der Waals surface area contributed by atoms with Crippen LogP contribution in [0.4, 0.5) is 0 Å². The van der Waals surface area contributed by atoms with E-state index in [1.165, 1.54) is 0 Å². The summed E-state index contributed by atoms with van der Waals surface area (Å²) in [5.74, 6) is 0.00946. The molecule has 132 valence electrons. The first-order valence-corrected chi connectivity index (χ1v) is 8.39. The summed E-state index contributed by atoms with van der Waals surface area (Å²) in [6.45, 7) is 9.62. The van der Waals surface area contributed by atoms with Crippen LogP contribution in [0.2, 0.25) is 0 Å². The molecule has 0 spiro atoms.